The lowest BCUT2D eigenvalue weighted by molar-refractivity contribution is 0.0692. The van der Waals surface area contributed by atoms with Gasteiger partial charge < -0.3 is 10.4 Å². The molecule has 0 aliphatic carbocycles. The molecule has 0 atom stereocenters. The minimum atomic E-state index is -1.20. The van der Waals surface area contributed by atoms with Crippen molar-refractivity contribution in [2.24, 2.45) is 14.1 Å². The highest BCUT2D eigenvalue weighted by Gasteiger charge is 2.23. The van der Waals surface area contributed by atoms with E-state index in [2.05, 4.69) is 20.6 Å². The first-order valence-electron chi connectivity index (χ1n) is 8.71. The highest BCUT2D eigenvalue weighted by atomic mass is 16.4. The van der Waals surface area contributed by atoms with Crippen LogP contribution in [-0.2, 0) is 20.6 Å². The van der Waals surface area contributed by atoms with Crippen LogP contribution in [-0.4, -0.2) is 46.3 Å². The van der Waals surface area contributed by atoms with Gasteiger partial charge in [0.2, 0.25) is 0 Å². The number of nitrogens with zero attached hydrogens (tertiary/aromatic N) is 6. The van der Waals surface area contributed by atoms with Crippen LogP contribution in [0.1, 0.15) is 49.2 Å². The first kappa shape index (κ1) is 19.3. The third-order valence-corrected chi connectivity index (χ3v) is 4.86. The van der Waals surface area contributed by atoms with E-state index >= 15 is 0 Å². The molecule has 3 aromatic heterocycles. The third-order valence-electron chi connectivity index (χ3n) is 4.86. The zero-order valence-electron chi connectivity index (χ0n) is 16.7. The lowest BCUT2D eigenvalue weighted by Crippen LogP contribution is -2.17. The zero-order valence-corrected chi connectivity index (χ0v) is 16.7. The minimum Gasteiger partial charge on any atom is -0.478 e. The van der Waals surface area contributed by atoms with Crippen molar-refractivity contribution in [2.75, 3.05) is 5.32 Å². The number of aromatic carboxylic acids is 1. The molecule has 10 nitrogen and oxygen atoms in total. The van der Waals surface area contributed by atoms with Gasteiger partial charge >= 0.3 is 5.97 Å². The SMILES string of the molecule is Cc1nn(C)c(C)c1Cn1nc(C)c(NC(=O)c2nn(C)cc2C(=O)O)c1C. The molecule has 3 heterocycles. The van der Waals surface area contributed by atoms with Crippen LogP contribution in [0.3, 0.4) is 0 Å². The molecular weight excluding hydrogens is 362 g/mol. The summed E-state index contributed by atoms with van der Waals surface area (Å²) in [5.74, 6) is -1.79. The number of hydrogen-bond donors (Lipinski definition) is 2. The lowest BCUT2D eigenvalue weighted by Gasteiger charge is -2.07. The van der Waals surface area contributed by atoms with Crippen molar-refractivity contribution in [2.45, 2.75) is 34.2 Å². The average Bonchev–Trinajstić information content (AvgIpc) is 3.21. The maximum absolute atomic E-state index is 12.6. The minimum absolute atomic E-state index is 0.138. The summed E-state index contributed by atoms with van der Waals surface area (Å²) in [7, 11) is 3.46. The molecule has 0 saturated carbocycles. The van der Waals surface area contributed by atoms with Gasteiger partial charge in [0.25, 0.3) is 5.91 Å². The molecule has 3 aromatic rings. The molecule has 0 aliphatic heterocycles. The predicted molar refractivity (Wildman–Crippen MR) is 102 cm³/mol. The van der Waals surface area contributed by atoms with E-state index in [1.165, 1.54) is 10.9 Å². The maximum Gasteiger partial charge on any atom is 0.339 e. The van der Waals surface area contributed by atoms with Crippen LogP contribution in [0.2, 0.25) is 0 Å². The fourth-order valence-electron chi connectivity index (χ4n) is 3.21. The van der Waals surface area contributed by atoms with Crippen molar-refractivity contribution < 1.29 is 14.7 Å². The van der Waals surface area contributed by atoms with E-state index in [4.69, 9.17) is 0 Å². The lowest BCUT2D eigenvalue weighted by atomic mass is 10.2. The first-order chi connectivity index (χ1) is 13.1. The van der Waals surface area contributed by atoms with Crippen molar-refractivity contribution >= 4 is 17.6 Å². The molecule has 0 bridgehead atoms. The molecule has 3 rings (SSSR count). The zero-order chi connectivity index (χ0) is 20.7. The standard InChI is InChI=1S/C18H23N7O3/c1-9-13(11(3)24(6)20-9)8-25-12(4)15(10(2)21-25)19-17(26)16-14(18(27)28)7-23(5)22-16/h7H,8H2,1-6H3,(H,19,26)(H,27,28). The summed E-state index contributed by atoms with van der Waals surface area (Å²) >= 11 is 0. The van der Waals surface area contributed by atoms with Crippen LogP contribution in [0.4, 0.5) is 5.69 Å². The summed E-state index contributed by atoms with van der Waals surface area (Å²) in [5.41, 5.74) is 4.71. The highest BCUT2D eigenvalue weighted by Crippen LogP contribution is 2.23. The van der Waals surface area contributed by atoms with E-state index in [1.807, 2.05) is 32.5 Å². The number of rotatable bonds is 5. The molecule has 148 valence electrons. The van der Waals surface area contributed by atoms with Crippen molar-refractivity contribution in [3.63, 3.8) is 0 Å². The Bertz CT molecular complexity index is 1090. The molecule has 0 saturated heterocycles. The Kier molecular flexibility index (Phi) is 4.80. The molecule has 1 amide bonds. The molecule has 0 fully saturated rings. The quantitative estimate of drug-likeness (QED) is 0.688. The maximum atomic E-state index is 12.6. The number of carbonyl (C=O) groups excluding carboxylic acids is 1. The summed E-state index contributed by atoms with van der Waals surface area (Å²) in [6.07, 6.45) is 1.30. The summed E-state index contributed by atoms with van der Waals surface area (Å²) in [6, 6.07) is 0. The number of amides is 1. The Labute approximate surface area is 161 Å². The van der Waals surface area contributed by atoms with E-state index < -0.39 is 11.9 Å². The molecule has 0 aliphatic rings. The normalized spacial score (nSPS) is 11.1. The van der Waals surface area contributed by atoms with Crippen molar-refractivity contribution in [1.29, 1.82) is 0 Å². The van der Waals surface area contributed by atoms with E-state index in [1.54, 1.807) is 18.7 Å². The average molecular weight is 385 g/mol. The number of hydrogen-bond acceptors (Lipinski definition) is 5. The fraction of sp³-hybridized carbons (Fsp3) is 0.389. The van der Waals surface area contributed by atoms with Gasteiger partial charge in [-0.3, -0.25) is 18.8 Å². The van der Waals surface area contributed by atoms with Gasteiger partial charge in [0.05, 0.1) is 29.3 Å². The van der Waals surface area contributed by atoms with Crippen LogP contribution in [0.15, 0.2) is 6.20 Å². The number of carboxylic acid groups (broad SMARTS) is 1. The molecule has 10 heteroatoms. The van der Waals surface area contributed by atoms with E-state index in [-0.39, 0.29) is 11.3 Å². The second kappa shape index (κ2) is 6.95. The largest absolute Gasteiger partial charge is 0.478 e. The van der Waals surface area contributed by atoms with E-state index in [0.29, 0.717) is 17.9 Å². The number of anilines is 1. The monoisotopic (exact) mass is 385 g/mol. The third kappa shape index (κ3) is 3.28. The van der Waals surface area contributed by atoms with Gasteiger partial charge in [-0.15, -0.1) is 0 Å². The van der Waals surface area contributed by atoms with Crippen LogP contribution in [0.25, 0.3) is 0 Å². The summed E-state index contributed by atoms with van der Waals surface area (Å²) in [4.78, 5) is 24.0. The number of carbonyl (C=O) groups is 2. The van der Waals surface area contributed by atoms with Gasteiger partial charge in [0, 0.05) is 31.5 Å². The van der Waals surface area contributed by atoms with E-state index in [9.17, 15) is 14.7 Å². The molecule has 28 heavy (non-hydrogen) atoms. The van der Waals surface area contributed by atoms with Crippen LogP contribution < -0.4 is 5.32 Å². The van der Waals surface area contributed by atoms with Gasteiger partial charge in [0.15, 0.2) is 5.69 Å². The summed E-state index contributed by atoms with van der Waals surface area (Å²) in [5, 5.41) is 25.0. The number of aromatic nitrogens is 6. The number of aryl methyl sites for hydroxylation is 4. The van der Waals surface area contributed by atoms with Gasteiger partial charge in [-0.05, 0) is 27.7 Å². The van der Waals surface area contributed by atoms with Gasteiger partial charge in [-0.25, -0.2) is 4.79 Å². The van der Waals surface area contributed by atoms with Gasteiger partial charge in [-0.1, -0.05) is 0 Å². The second-order valence-electron chi connectivity index (χ2n) is 6.80. The predicted octanol–water partition coefficient (Wildman–Crippen LogP) is 1.58. The highest BCUT2D eigenvalue weighted by molar-refractivity contribution is 6.09. The van der Waals surface area contributed by atoms with Crippen LogP contribution in [0.5, 0.6) is 0 Å². The van der Waals surface area contributed by atoms with Crippen molar-refractivity contribution in [3.05, 3.63) is 45.8 Å². The Morgan fingerprint density at radius 3 is 2.29 bits per heavy atom. The van der Waals surface area contributed by atoms with Gasteiger partial charge in [0.1, 0.15) is 5.56 Å². The molecular formula is C18H23N7O3. The Balaban J connectivity index is 1.90. The number of carboxylic acids is 1. The molecule has 0 aromatic carbocycles. The first-order valence-corrected chi connectivity index (χ1v) is 8.71. The Hall–Kier alpha value is -3.43. The molecule has 0 radical (unpaired) electrons. The summed E-state index contributed by atoms with van der Waals surface area (Å²) in [6.45, 7) is 8.12. The second-order valence-corrected chi connectivity index (χ2v) is 6.80. The van der Waals surface area contributed by atoms with Crippen LogP contribution in [0, 0.1) is 27.7 Å². The fourth-order valence-corrected chi connectivity index (χ4v) is 3.21. The summed E-state index contributed by atoms with van der Waals surface area (Å²) < 4.78 is 4.93. The number of nitrogens with one attached hydrogen (secondary N) is 1. The molecule has 2 N–H and O–H groups in total. The van der Waals surface area contributed by atoms with Gasteiger partial charge in [-0.2, -0.15) is 15.3 Å². The van der Waals surface area contributed by atoms with Crippen molar-refractivity contribution in [3.8, 4) is 0 Å². The smallest absolute Gasteiger partial charge is 0.339 e. The van der Waals surface area contributed by atoms with E-state index in [0.717, 1.165) is 22.6 Å². The Morgan fingerprint density at radius 1 is 1.04 bits per heavy atom. The molecule has 0 unspecified atom stereocenters. The topological polar surface area (TPSA) is 120 Å². The molecule has 0 spiro atoms. The Morgan fingerprint density at radius 2 is 1.71 bits per heavy atom. The van der Waals surface area contributed by atoms with Crippen LogP contribution >= 0.6 is 0 Å². The van der Waals surface area contributed by atoms with Crippen molar-refractivity contribution in [1.82, 2.24) is 29.3 Å².